The van der Waals surface area contributed by atoms with Crippen LogP contribution in [0, 0.1) is 11.6 Å². The molecule has 5 heteroatoms. The van der Waals surface area contributed by atoms with E-state index in [-0.39, 0.29) is 22.6 Å². The van der Waals surface area contributed by atoms with Crippen molar-refractivity contribution >= 4 is 15.9 Å². The third-order valence-corrected chi connectivity index (χ3v) is 4.00. The molecule has 1 heterocycles. The molecule has 0 saturated carbocycles. The number of nitrogens with two attached hydrogens (primary N) is 1. The fourth-order valence-electron chi connectivity index (χ4n) is 2.09. The van der Waals surface area contributed by atoms with Gasteiger partial charge in [-0.15, -0.1) is 0 Å². The van der Waals surface area contributed by atoms with Crippen LogP contribution < -0.4 is 5.73 Å². The number of hydrogen-bond acceptors (Lipinski definition) is 2. The first-order chi connectivity index (χ1) is 7.94. The fraction of sp³-hybridized carbons (Fsp3) is 0.500. The van der Waals surface area contributed by atoms with Gasteiger partial charge in [-0.2, -0.15) is 0 Å². The van der Waals surface area contributed by atoms with E-state index in [0.29, 0.717) is 13.0 Å². The molecule has 17 heavy (non-hydrogen) atoms. The van der Waals surface area contributed by atoms with Crippen LogP contribution in [0.5, 0.6) is 0 Å². The molecular weight excluding hydrogens is 292 g/mol. The molecule has 2 N–H and O–H groups in total. The van der Waals surface area contributed by atoms with Crippen molar-refractivity contribution in [1.29, 1.82) is 0 Å². The second kappa shape index (κ2) is 4.63. The molecular formula is C12H14BrF2NO. The van der Waals surface area contributed by atoms with Gasteiger partial charge in [-0.25, -0.2) is 8.78 Å². The summed E-state index contributed by atoms with van der Waals surface area (Å²) >= 11 is 3.05. The summed E-state index contributed by atoms with van der Waals surface area (Å²) in [6, 6.07) is 2.60. The molecule has 1 aromatic carbocycles. The minimum Gasteiger partial charge on any atom is -0.377 e. The molecule has 1 saturated heterocycles. The lowest BCUT2D eigenvalue weighted by Crippen LogP contribution is -2.48. The molecule has 2 unspecified atom stereocenters. The first kappa shape index (κ1) is 12.9. The third-order valence-electron chi connectivity index (χ3n) is 3.39. The quantitative estimate of drug-likeness (QED) is 0.853. The second-order valence-corrected chi connectivity index (χ2v) is 5.35. The lowest BCUT2D eigenvalue weighted by atomic mass is 9.86. The van der Waals surface area contributed by atoms with Crippen LogP contribution in [0.1, 0.15) is 18.9 Å². The highest BCUT2D eigenvalue weighted by Gasteiger charge is 2.39. The van der Waals surface area contributed by atoms with Crippen molar-refractivity contribution in [2.45, 2.75) is 31.4 Å². The lowest BCUT2D eigenvalue weighted by Gasteiger charge is -2.27. The summed E-state index contributed by atoms with van der Waals surface area (Å²) in [6.45, 7) is 2.37. The van der Waals surface area contributed by atoms with E-state index in [9.17, 15) is 8.78 Å². The van der Waals surface area contributed by atoms with E-state index in [4.69, 9.17) is 10.5 Å². The molecule has 0 spiro atoms. The van der Waals surface area contributed by atoms with Crippen molar-refractivity contribution in [2.24, 2.45) is 5.73 Å². The van der Waals surface area contributed by atoms with Crippen molar-refractivity contribution in [3.05, 3.63) is 33.8 Å². The smallest absolute Gasteiger partial charge is 0.143 e. The Bertz CT molecular complexity index is 441. The summed E-state index contributed by atoms with van der Waals surface area (Å²) in [5, 5.41) is 0. The van der Waals surface area contributed by atoms with E-state index in [0.717, 1.165) is 0 Å². The van der Waals surface area contributed by atoms with Gasteiger partial charge in [0.1, 0.15) is 11.6 Å². The molecule has 0 amide bonds. The topological polar surface area (TPSA) is 35.2 Å². The number of halogens is 3. The standard InChI is InChI=1S/C12H14BrF2NO/c1-7-12(16,4-5-17-7)6-8-10(14)3-2-9(13)11(8)15/h2-3,7H,4-6,16H2,1H3. The summed E-state index contributed by atoms with van der Waals surface area (Å²) in [6.07, 6.45) is 0.561. The molecule has 0 bridgehead atoms. The Morgan fingerprint density at radius 3 is 2.82 bits per heavy atom. The summed E-state index contributed by atoms with van der Waals surface area (Å²) in [7, 11) is 0. The summed E-state index contributed by atoms with van der Waals surface area (Å²) in [5.74, 6) is -1.14. The summed E-state index contributed by atoms with van der Waals surface area (Å²) < 4.78 is 33.1. The molecule has 2 nitrogen and oxygen atoms in total. The Balaban J connectivity index is 2.33. The number of rotatable bonds is 2. The van der Waals surface area contributed by atoms with Crippen molar-refractivity contribution < 1.29 is 13.5 Å². The van der Waals surface area contributed by atoms with Gasteiger partial charge in [0, 0.05) is 17.7 Å². The first-order valence-corrected chi connectivity index (χ1v) is 6.26. The summed E-state index contributed by atoms with van der Waals surface area (Å²) in [5.41, 5.74) is 5.48. The Hall–Kier alpha value is -0.520. The Kier molecular flexibility index (Phi) is 3.52. The van der Waals surface area contributed by atoms with Crippen LogP contribution in [0.15, 0.2) is 16.6 Å². The molecule has 0 aromatic heterocycles. The van der Waals surface area contributed by atoms with Crippen LogP contribution in [-0.4, -0.2) is 18.2 Å². The zero-order valence-electron chi connectivity index (χ0n) is 9.47. The van der Waals surface area contributed by atoms with Crippen LogP contribution in [0.25, 0.3) is 0 Å². The van der Waals surface area contributed by atoms with Crippen molar-refractivity contribution in [3.63, 3.8) is 0 Å². The molecule has 1 fully saturated rings. The van der Waals surface area contributed by atoms with Crippen molar-refractivity contribution in [1.82, 2.24) is 0 Å². The number of hydrogen-bond donors (Lipinski definition) is 1. The van der Waals surface area contributed by atoms with E-state index in [2.05, 4.69) is 15.9 Å². The van der Waals surface area contributed by atoms with Crippen molar-refractivity contribution in [3.8, 4) is 0 Å². The maximum absolute atomic E-state index is 13.8. The van der Waals surface area contributed by atoms with E-state index in [1.165, 1.54) is 12.1 Å². The maximum atomic E-state index is 13.8. The van der Waals surface area contributed by atoms with Gasteiger partial charge < -0.3 is 10.5 Å². The molecule has 1 aliphatic heterocycles. The average molecular weight is 306 g/mol. The van der Waals surface area contributed by atoms with E-state index < -0.39 is 17.2 Å². The van der Waals surface area contributed by atoms with Gasteiger partial charge in [-0.05, 0) is 47.8 Å². The highest BCUT2D eigenvalue weighted by Crippen LogP contribution is 2.31. The van der Waals surface area contributed by atoms with E-state index >= 15 is 0 Å². The Morgan fingerprint density at radius 2 is 2.24 bits per heavy atom. The predicted molar refractivity (Wildman–Crippen MR) is 64.7 cm³/mol. The van der Waals surface area contributed by atoms with E-state index in [1.807, 2.05) is 6.92 Å². The molecule has 1 aliphatic rings. The highest BCUT2D eigenvalue weighted by atomic mass is 79.9. The minimum absolute atomic E-state index is 0.0271. The molecule has 0 aliphatic carbocycles. The summed E-state index contributed by atoms with van der Waals surface area (Å²) in [4.78, 5) is 0. The maximum Gasteiger partial charge on any atom is 0.143 e. The van der Waals surface area contributed by atoms with Gasteiger partial charge in [-0.1, -0.05) is 0 Å². The number of ether oxygens (including phenoxy) is 1. The van der Waals surface area contributed by atoms with Crippen LogP contribution in [0.3, 0.4) is 0 Å². The Labute approximate surface area is 107 Å². The van der Waals surface area contributed by atoms with Gasteiger partial charge >= 0.3 is 0 Å². The van der Waals surface area contributed by atoms with Gasteiger partial charge in [0.25, 0.3) is 0 Å². The third kappa shape index (κ3) is 2.37. The largest absolute Gasteiger partial charge is 0.377 e. The predicted octanol–water partition coefficient (Wildman–Crippen LogP) is 2.78. The van der Waals surface area contributed by atoms with Gasteiger partial charge in [-0.3, -0.25) is 0 Å². The van der Waals surface area contributed by atoms with Gasteiger partial charge in [0.05, 0.1) is 10.6 Å². The normalized spacial score (nSPS) is 28.6. The molecule has 1 aromatic rings. The molecule has 2 rings (SSSR count). The fourth-order valence-corrected chi connectivity index (χ4v) is 2.46. The zero-order valence-corrected chi connectivity index (χ0v) is 11.1. The van der Waals surface area contributed by atoms with Crippen LogP contribution in [0.4, 0.5) is 8.78 Å². The number of benzene rings is 1. The lowest BCUT2D eigenvalue weighted by molar-refractivity contribution is 0.0950. The molecule has 2 atom stereocenters. The van der Waals surface area contributed by atoms with Crippen LogP contribution in [0.2, 0.25) is 0 Å². The average Bonchev–Trinajstić information content (AvgIpc) is 2.60. The van der Waals surface area contributed by atoms with Gasteiger partial charge in [0.2, 0.25) is 0 Å². The van der Waals surface area contributed by atoms with Crippen LogP contribution >= 0.6 is 15.9 Å². The van der Waals surface area contributed by atoms with E-state index in [1.54, 1.807) is 0 Å². The second-order valence-electron chi connectivity index (χ2n) is 4.49. The van der Waals surface area contributed by atoms with Crippen molar-refractivity contribution in [2.75, 3.05) is 6.61 Å². The molecule has 0 radical (unpaired) electrons. The molecule has 94 valence electrons. The highest BCUT2D eigenvalue weighted by molar-refractivity contribution is 9.10. The monoisotopic (exact) mass is 305 g/mol. The Morgan fingerprint density at radius 1 is 1.53 bits per heavy atom. The van der Waals surface area contributed by atoms with Crippen LogP contribution in [-0.2, 0) is 11.2 Å². The SMILES string of the molecule is CC1OCCC1(N)Cc1c(F)ccc(Br)c1F. The minimum atomic E-state index is -0.692. The first-order valence-electron chi connectivity index (χ1n) is 5.47. The van der Waals surface area contributed by atoms with Gasteiger partial charge in [0.15, 0.2) is 0 Å². The zero-order chi connectivity index (χ0) is 12.6.